The van der Waals surface area contributed by atoms with Crippen LogP contribution in [0.25, 0.3) is 0 Å². The largest absolute Gasteiger partial charge is 0.486 e. The van der Waals surface area contributed by atoms with Gasteiger partial charge < -0.3 is 10.5 Å². The lowest BCUT2D eigenvalue weighted by Crippen LogP contribution is -2.32. The fourth-order valence-corrected chi connectivity index (χ4v) is 2.56. The van der Waals surface area contributed by atoms with Crippen LogP contribution in [0.2, 0.25) is 5.02 Å². The molecule has 1 aromatic carbocycles. The van der Waals surface area contributed by atoms with Gasteiger partial charge in [-0.15, -0.1) is 11.3 Å². The van der Waals surface area contributed by atoms with Gasteiger partial charge in [0.1, 0.15) is 17.4 Å². The maximum atomic E-state index is 10.7. The molecule has 1 heterocycles. The molecule has 0 unspecified atom stereocenters. The van der Waals surface area contributed by atoms with Gasteiger partial charge >= 0.3 is 6.03 Å². The molecule has 2 rings (SSSR count). The second-order valence-electron chi connectivity index (χ2n) is 4.33. The molecule has 0 aliphatic carbocycles. The van der Waals surface area contributed by atoms with E-state index in [0.717, 1.165) is 16.3 Å². The third kappa shape index (κ3) is 4.32. The smallest absolute Gasteiger partial charge is 0.338 e. The summed E-state index contributed by atoms with van der Waals surface area (Å²) in [7, 11) is 0. The van der Waals surface area contributed by atoms with Crippen LogP contribution in [0.4, 0.5) is 4.79 Å². The number of hydroxylamine groups is 2. The Morgan fingerprint density at radius 3 is 3.00 bits per heavy atom. The number of halogens is 1. The molecule has 0 saturated heterocycles. The number of nitrogens with two attached hydrogens (primary N) is 1. The number of ether oxygens (including phenoxy) is 1. The molecule has 0 radical (unpaired) electrons. The zero-order valence-corrected chi connectivity index (χ0v) is 12.8. The number of aromatic nitrogens is 1. The Morgan fingerprint density at radius 1 is 1.57 bits per heavy atom. The predicted octanol–water partition coefficient (Wildman–Crippen LogP) is 2.95. The number of benzene rings is 1. The van der Waals surface area contributed by atoms with Gasteiger partial charge in [-0.3, -0.25) is 5.21 Å². The zero-order chi connectivity index (χ0) is 15.4. The number of hydrogen-bond donors (Lipinski definition) is 2. The number of hydrogen-bond acceptors (Lipinski definition) is 5. The van der Waals surface area contributed by atoms with E-state index in [9.17, 15) is 10.0 Å². The third-order valence-electron chi connectivity index (χ3n) is 2.65. The quantitative estimate of drug-likeness (QED) is 0.652. The van der Waals surface area contributed by atoms with Gasteiger partial charge in [-0.1, -0.05) is 11.6 Å². The van der Waals surface area contributed by atoms with Crippen LogP contribution in [0, 0.1) is 6.92 Å². The number of carbonyl (C=O) groups excluding carboxylic acids is 1. The van der Waals surface area contributed by atoms with Gasteiger partial charge in [0.25, 0.3) is 0 Å². The van der Waals surface area contributed by atoms with Crippen LogP contribution in [0.5, 0.6) is 5.75 Å². The van der Waals surface area contributed by atoms with Crippen LogP contribution in [0.1, 0.15) is 16.3 Å². The summed E-state index contributed by atoms with van der Waals surface area (Å²) in [6, 6.07) is 4.46. The molecular formula is C13H14ClN3O3S. The summed E-state index contributed by atoms with van der Waals surface area (Å²) in [5.41, 5.74) is 6.42. The first-order valence-electron chi connectivity index (χ1n) is 6.04. The van der Waals surface area contributed by atoms with Crippen molar-refractivity contribution < 1.29 is 14.7 Å². The van der Waals surface area contributed by atoms with E-state index in [2.05, 4.69) is 4.98 Å². The van der Waals surface area contributed by atoms with E-state index < -0.39 is 6.03 Å². The van der Waals surface area contributed by atoms with Crippen molar-refractivity contribution in [2.45, 2.75) is 20.1 Å². The highest BCUT2D eigenvalue weighted by Gasteiger charge is 2.10. The molecule has 0 bridgehead atoms. The van der Waals surface area contributed by atoms with E-state index in [1.54, 1.807) is 17.5 Å². The van der Waals surface area contributed by atoms with Crippen LogP contribution in [-0.4, -0.2) is 21.3 Å². The molecule has 0 aliphatic rings. The van der Waals surface area contributed by atoms with Gasteiger partial charge in [-0.25, -0.2) is 14.8 Å². The summed E-state index contributed by atoms with van der Waals surface area (Å²) < 4.78 is 5.67. The van der Waals surface area contributed by atoms with E-state index in [1.165, 1.54) is 11.3 Å². The lowest BCUT2D eigenvalue weighted by Gasteiger charge is -2.09. The molecule has 0 aliphatic heterocycles. The molecule has 8 heteroatoms. The molecular weight excluding hydrogens is 314 g/mol. The topological polar surface area (TPSA) is 88.7 Å². The maximum absolute atomic E-state index is 10.7. The average molecular weight is 328 g/mol. The van der Waals surface area contributed by atoms with Crippen molar-refractivity contribution in [3.63, 3.8) is 0 Å². The minimum Gasteiger partial charge on any atom is -0.486 e. The highest BCUT2D eigenvalue weighted by molar-refractivity contribution is 7.09. The Hall–Kier alpha value is -1.83. The maximum Gasteiger partial charge on any atom is 0.338 e. The Labute approximate surface area is 130 Å². The number of urea groups is 1. The normalized spacial score (nSPS) is 10.4. The summed E-state index contributed by atoms with van der Waals surface area (Å²) in [5, 5.41) is 12.8. The number of nitrogens with zero attached hydrogens (tertiary/aromatic N) is 2. The average Bonchev–Trinajstić information content (AvgIpc) is 2.85. The van der Waals surface area contributed by atoms with Gasteiger partial charge in [0, 0.05) is 10.4 Å². The first-order valence-corrected chi connectivity index (χ1v) is 7.29. The monoisotopic (exact) mass is 327 g/mol. The van der Waals surface area contributed by atoms with Crippen molar-refractivity contribution in [2.75, 3.05) is 0 Å². The van der Waals surface area contributed by atoms with Gasteiger partial charge in [-0.2, -0.15) is 0 Å². The first-order chi connectivity index (χ1) is 9.95. The van der Waals surface area contributed by atoms with Crippen LogP contribution in [-0.2, 0) is 13.2 Å². The van der Waals surface area contributed by atoms with E-state index >= 15 is 0 Å². The summed E-state index contributed by atoms with van der Waals surface area (Å²) in [6.45, 7) is 2.16. The molecule has 1 aromatic heterocycles. The van der Waals surface area contributed by atoms with Crippen LogP contribution in [0.15, 0.2) is 23.6 Å². The number of thiazole rings is 1. The van der Waals surface area contributed by atoms with E-state index in [0.29, 0.717) is 22.4 Å². The Balaban J connectivity index is 1.95. The summed E-state index contributed by atoms with van der Waals surface area (Å²) >= 11 is 7.26. The van der Waals surface area contributed by atoms with Crippen molar-refractivity contribution in [1.82, 2.24) is 10.0 Å². The van der Waals surface area contributed by atoms with Crippen molar-refractivity contribution >= 4 is 29.0 Å². The molecule has 2 aromatic rings. The lowest BCUT2D eigenvalue weighted by atomic mass is 10.2. The van der Waals surface area contributed by atoms with E-state index in [4.69, 9.17) is 22.1 Å². The Bertz CT molecular complexity index is 647. The van der Waals surface area contributed by atoms with Crippen molar-refractivity contribution in [2.24, 2.45) is 5.73 Å². The second-order valence-corrected chi connectivity index (χ2v) is 5.71. The molecule has 0 spiro atoms. The summed E-state index contributed by atoms with van der Waals surface area (Å²) in [5.74, 6) is 0.733. The fraction of sp³-hybridized carbons (Fsp3) is 0.231. The van der Waals surface area contributed by atoms with E-state index in [1.807, 2.05) is 13.0 Å². The molecule has 0 fully saturated rings. The number of rotatable bonds is 5. The van der Waals surface area contributed by atoms with Gasteiger partial charge in [0.15, 0.2) is 0 Å². The fourth-order valence-electron chi connectivity index (χ4n) is 1.63. The third-order valence-corrected chi connectivity index (χ3v) is 3.76. The van der Waals surface area contributed by atoms with Gasteiger partial charge in [-0.05, 0) is 30.7 Å². The molecule has 3 N–H and O–H groups in total. The molecule has 6 nitrogen and oxygen atoms in total. The molecule has 21 heavy (non-hydrogen) atoms. The Morgan fingerprint density at radius 2 is 2.33 bits per heavy atom. The minimum atomic E-state index is -0.919. The van der Waals surface area contributed by atoms with Crippen LogP contribution >= 0.6 is 22.9 Å². The predicted molar refractivity (Wildman–Crippen MR) is 79.5 cm³/mol. The highest BCUT2D eigenvalue weighted by Crippen LogP contribution is 2.23. The summed E-state index contributed by atoms with van der Waals surface area (Å²) in [6.07, 6.45) is 0. The number of primary amides is 1. The molecule has 112 valence electrons. The van der Waals surface area contributed by atoms with Gasteiger partial charge in [0.2, 0.25) is 0 Å². The number of aryl methyl sites for hydroxylation is 1. The SMILES string of the molecule is Cc1cc(Cl)ccc1OCc1nc(CN(O)C(N)=O)cs1. The van der Waals surface area contributed by atoms with Crippen molar-refractivity contribution in [3.8, 4) is 5.75 Å². The molecule has 0 atom stereocenters. The summed E-state index contributed by atoms with van der Waals surface area (Å²) in [4.78, 5) is 15.0. The zero-order valence-electron chi connectivity index (χ0n) is 11.2. The first kappa shape index (κ1) is 15.6. The number of carbonyl (C=O) groups is 1. The van der Waals surface area contributed by atoms with Crippen LogP contribution < -0.4 is 10.5 Å². The molecule has 2 amide bonds. The van der Waals surface area contributed by atoms with E-state index in [-0.39, 0.29) is 6.54 Å². The van der Waals surface area contributed by atoms with Crippen molar-refractivity contribution in [3.05, 3.63) is 44.9 Å². The standard InChI is InChI=1S/C13H14ClN3O3S/c1-8-4-9(14)2-3-11(8)20-6-12-16-10(7-21-12)5-17(19)13(15)18/h2-4,7,19H,5-6H2,1H3,(H2,15,18). The second kappa shape index (κ2) is 6.75. The number of amides is 2. The lowest BCUT2D eigenvalue weighted by molar-refractivity contribution is -0.0478. The van der Waals surface area contributed by atoms with Crippen molar-refractivity contribution in [1.29, 1.82) is 0 Å². The molecule has 0 saturated carbocycles. The van der Waals surface area contributed by atoms with Gasteiger partial charge in [0.05, 0.1) is 12.2 Å². The van der Waals surface area contributed by atoms with Crippen LogP contribution in [0.3, 0.4) is 0 Å². The Kier molecular flexibility index (Phi) is 5.00. The highest BCUT2D eigenvalue weighted by atomic mass is 35.5. The minimum absolute atomic E-state index is 0.0498.